The SMILES string of the molecule is CCSc1nc2sccn2c(=O)c1C(=O)NCc1cccc(OC)c1. The van der Waals surface area contributed by atoms with Gasteiger partial charge in [-0.3, -0.25) is 14.0 Å². The van der Waals surface area contributed by atoms with Crippen LogP contribution in [0.4, 0.5) is 0 Å². The van der Waals surface area contributed by atoms with Gasteiger partial charge in [0.15, 0.2) is 4.96 Å². The molecule has 0 saturated heterocycles. The van der Waals surface area contributed by atoms with Crippen molar-refractivity contribution in [1.82, 2.24) is 14.7 Å². The average molecular weight is 375 g/mol. The summed E-state index contributed by atoms with van der Waals surface area (Å²) in [6.07, 6.45) is 1.63. The van der Waals surface area contributed by atoms with Gasteiger partial charge in [0, 0.05) is 18.1 Å². The number of thioether (sulfide) groups is 1. The monoisotopic (exact) mass is 375 g/mol. The number of thiazole rings is 1. The third kappa shape index (κ3) is 3.69. The molecule has 1 N–H and O–H groups in total. The number of carbonyl (C=O) groups is 1. The summed E-state index contributed by atoms with van der Waals surface area (Å²) in [4.78, 5) is 30.4. The standard InChI is InChI=1S/C17H17N3O3S2/c1-3-24-15-13(16(22)20-7-8-25-17(20)19-15)14(21)18-10-11-5-4-6-12(9-11)23-2/h4-9H,3,10H2,1-2H3,(H,18,21). The van der Waals surface area contributed by atoms with Gasteiger partial charge in [0.1, 0.15) is 16.3 Å². The molecule has 2 heterocycles. The molecule has 25 heavy (non-hydrogen) atoms. The van der Waals surface area contributed by atoms with Crippen LogP contribution in [0.2, 0.25) is 0 Å². The summed E-state index contributed by atoms with van der Waals surface area (Å²) >= 11 is 2.76. The summed E-state index contributed by atoms with van der Waals surface area (Å²) in [6.45, 7) is 2.26. The van der Waals surface area contributed by atoms with Crippen LogP contribution in [0.3, 0.4) is 0 Å². The van der Waals surface area contributed by atoms with Gasteiger partial charge in [0.25, 0.3) is 11.5 Å². The number of ether oxygens (including phenoxy) is 1. The third-order valence-electron chi connectivity index (χ3n) is 3.53. The maximum atomic E-state index is 12.7. The quantitative estimate of drug-likeness (QED) is 0.530. The molecule has 0 aliphatic heterocycles. The largest absolute Gasteiger partial charge is 0.497 e. The van der Waals surface area contributed by atoms with Gasteiger partial charge >= 0.3 is 0 Å². The Hall–Kier alpha value is -2.32. The molecule has 2 aromatic heterocycles. The van der Waals surface area contributed by atoms with Crippen LogP contribution in [0.25, 0.3) is 4.96 Å². The first-order valence-corrected chi connectivity index (χ1v) is 9.54. The van der Waals surface area contributed by atoms with Gasteiger partial charge in [0.2, 0.25) is 0 Å². The van der Waals surface area contributed by atoms with E-state index in [-0.39, 0.29) is 11.1 Å². The number of aromatic nitrogens is 2. The van der Waals surface area contributed by atoms with Crippen LogP contribution in [0.15, 0.2) is 45.7 Å². The topological polar surface area (TPSA) is 72.7 Å². The number of methoxy groups -OCH3 is 1. The lowest BCUT2D eigenvalue weighted by atomic mass is 10.2. The van der Waals surface area contributed by atoms with E-state index in [9.17, 15) is 9.59 Å². The number of carbonyl (C=O) groups excluding carboxylic acids is 1. The molecule has 0 aliphatic carbocycles. The van der Waals surface area contributed by atoms with Gasteiger partial charge in [-0.15, -0.1) is 23.1 Å². The zero-order valence-electron chi connectivity index (χ0n) is 13.8. The Kier molecular flexibility index (Phi) is 5.40. The second-order valence-electron chi connectivity index (χ2n) is 5.12. The molecule has 3 rings (SSSR count). The Labute approximate surface area is 152 Å². The number of nitrogens with zero attached hydrogens (tertiary/aromatic N) is 2. The average Bonchev–Trinajstić information content (AvgIpc) is 3.09. The fraction of sp³-hybridized carbons (Fsp3) is 0.235. The minimum absolute atomic E-state index is 0.0886. The molecule has 0 saturated carbocycles. The molecule has 0 aliphatic rings. The molecule has 0 bridgehead atoms. The normalized spacial score (nSPS) is 10.8. The van der Waals surface area contributed by atoms with E-state index in [1.807, 2.05) is 31.2 Å². The van der Waals surface area contributed by atoms with Crippen molar-refractivity contribution < 1.29 is 9.53 Å². The molecule has 0 atom stereocenters. The number of hydrogen-bond acceptors (Lipinski definition) is 6. The van der Waals surface area contributed by atoms with E-state index >= 15 is 0 Å². The highest BCUT2D eigenvalue weighted by molar-refractivity contribution is 7.99. The van der Waals surface area contributed by atoms with Crippen molar-refractivity contribution in [2.24, 2.45) is 0 Å². The minimum Gasteiger partial charge on any atom is -0.497 e. The number of fused-ring (bicyclic) bond motifs is 1. The molecule has 0 unspecified atom stereocenters. The Morgan fingerprint density at radius 3 is 3.04 bits per heavy atom. The van der Waals surface area contributed by atoms with Crippen molar-refractivity contribution in [3.63, 3.8) is 0 Å². The van der Waals surface area contributed by atoms with Crippen molar-refractivity contribution in [3.8, 4) is 5.75 Å². The van der Waals surface area contributed by atoms with Crippen molar-refractivity contribution >= 4 is 34.0 Å². The van der Waals surface area contributed by atoms with Crippen LogP contribution in [0.1, 0.15) is 22.8 Å². The maximum absolute atomic E-state index is 12.7. The molecule has 0 fully saturated rings. The van der Waals surface area contributed by atoms with Crippen molar-refractivity contribution in [2.75, 3.05) is 12.9 Å². The van der Waals surface area contributed by atoms with Crippen molar-refractivity contribution in [3.05, 3.63) is 57.3 Å². The van der Waals surface area contributed by atoms with Crippen LogP contribution < -0.4 is 15.6 Å². The maximum Gasteiger partial charge on any atom is 0.272 e. The first-order chi connectivity index (χ1) is 12.1. The van der Waals surface area contributed by atoms with E-state index in [4.69, 9.17) is 4.74 Å². The highest BCUT2D eigenvalue weighted by atomic mass is 32.2. The third-order valence-corrected chi connectivity index (χ3v) is 5.14. The fourth-order valence-electron chi connectivity index (χ4n) is 2.35. The second kappa shape index (κ2) is 7.71. The molecule has 3 aromatic rings. The van der Waals surface area contributed by atoms with Gasteiger partial charge < -0.3 is 10.1 Å². The van der Waals surface area contributed by atoms with E-state index in [1.54, 1.807) is 18.7 Å². The first-order valence-electron chi connectivity index (χ1n) is 7.67. The number of benzene rings is 1. The molecule has 130 valence electrons. The van der Waals surface area contributed by atoms with Crippen molar-refractivity contribution in [2.45, 2.75) is 18.5 Å². The van der Waals surface area contributed by atoms with E-state index in [0.29, 0.717) is 16.5 Å². The Bertz CT molecular complexity index is 965. The number of rotatable bonds is 6. The molecule has 1 amide bonds. The lowest BCUT2D eigenvalue weighted by molar-refractivity contribution is 0.0945. The van der Waals surface area contributed by atoms with Gasteiger partial charge in [-0.05, 0) is 23.4 Å². The van der Waals surface area contributed by atoms with E-state index in [2.05, 4.69) is 10.3 Å². The van der Waals surface area contributed by atoms with Crippen LogP contribution in [0, 0.1) is 0 Å². The summed E-state index contributed by atoms with van der Waals surface area (Å²) in [7, 11) is 1.59. The summed E-state index contributed by atoms with van der Waals surface area (Å²) < 4.78 is 6.59. The summed E-state index contributed by atoms with van der Waals surface area (Å²) in [5.74, 6) is 1.02. The molecule has 0 spiro atoms. The summed E-state index contributed by atoms with van der Waals surface area (Å²) in [5, 5.41) is 5.06. The molecule has 0 radical (unpaired) electrons. The van der Waals surface area contributed by atoms with E-state index in [0.717, 1.165) is 17.1 Å². The van der Waals surface area contributed by atoms with E-state index < -0.39 is 5.91 Å². The van der Waals surface area contributed by atoms with Gasteiger partial charge in [-0.2, -0.15) is 0 Å². The van der Waals surface area contributed by atoms with Gasteiger partial charge in [-0.1, -0.05) is 19.1 Å². The van der Waals surface area contributed by atoms with Crippen LogP contribution in [0.5, 0.6) is 5.75 Å². The Balaban J connectivity index is 1.89. The van der Waals surface area contributed by atoms with Crippen LogP contribution in [-0.4, -0.2) is 28.2 Å². The number of amides is 1. The summed E-state index contributed by atoms with van der Waals surface area (Å²) in [6, 6.07) is 7.42. The van der Waals surface area contributed by atoms with Crippen molar-refractivity contribution in [1.29, 1.82) is 0 Å². The molecule has 8 heteroatoms. The first kappa shape index (κ1) is 17.5. The second-order valence-corrected chi connectivity index (χ2v) is 7.25. The lowest BCUT2D eigenvalue weighted by Gasteiger charge is -2.09. The zero-order valence-corrected chi connectivity index (χ0v) is 15.4. The molecular formula is C17H17N3O3S2. The fourth-order valence-corrected chi connectivity index (χ4v) is 3.86. The summed E-state index contributed by atoms with van der Waals surface area (Å²) in [5.41, 5.74) is 0.637. The highest BCUT2D eigenvalue weighted by Crippen LogP contribution is 2.20. The van der Waals surface area contributed by atoms with Gasteiger partial charge in [-0.25, -0.2) is 4.98 Å². The smallest absolute Gasteiger partial charge is 0.272 e. The molecular weight excluding hydrogens is 358 g/mol. The minimum atomic E-state index is -0.420. The number of hydrogen-bond donors (Lipinski definition) is 1. The predicted molar refractivity (Wildman–Crippen MR) is 99.9 cm³/mol. The van der Waals surface area contributed by atoms with Gasteiger partial charge in [0.05, 0.1) is 7.11 Å². The highest BCUT2D eigenvalue weighted by Gasteiger charge is 2.20. The predicted octanol–water partition coefficient (Wildman–Crippen LogP) is 2.81. The molecule has 6 nitrogen and oxygen atoms in total. The van der Waals surface area contributed by atoms with E-state index in [1.165, 1.54) is 27.5 Å². The Morgan fingerprint density at radius 1 is 1.44 bits per heavy atom. The Morgan fingerprint density at radius 2 is 2.28 bits per heavy atom. The zero-order chi connectivity index (χ0) is 17.8. The van der Waals surface area contributed by atoms with Crippen LogP contribution >= 0.6 is 23.1 Å². The molecule has 1 aromatic carbocycles. The van der Waals surface area contributed by atoms with Crippen LogP contribution in [-0.2, 0) is 6.54 Å². The number of nitrogens with one attached hydrogen (secondary N) is 1. The lowest BCUT2D eigenvalue weighted by Crippen LogP contribution is -2.32.